The van der Waals surface area contributed by atoms with Gasteiger partial charge >= 0.3 is 0 Å². The van der Waals surface area contributed by atoms with Crippen molar-refractivity contribution in [2.75, 3.05) is 38.6 Å². The van der Waals surface area contributed by atoms with Gasteiger partial charge in [-0.3, -0.25) is 4.90 Å². The van der Waals surface area contributed by atoms with E-state index in [1.807, 2.05) is 40.0 Å². The highest BCUT2D eigenvalue weighted by Crippen LogP contribution is 2.37. The van der Waals surface area contributed by atoms with Crippen molar-refractivity contribution in [2.24, 2.45) is 0 Å². The van der Waals surface area contributed by atoms with Crippen LogP contribution in [0.15, 0.2) is 22.7 Å². The molecule has 2 N–H and O–H groups in total. The smallest absolute Gasteiger partial charge is 0.163 e. The number of alkyl halides is 1. The third kappa shape index (κ3) is 5.80. The fourth-order valence-electron chi connectivity index (χ4n) is 5.08. The number of hydrogen-bond acceptors (Lipinski definition) is 8. The van der Waals surface area contributed by atoms with Crippen LogP contribution >= 0.6 is 11.6 Å². The van der Waals surface area contributed by atoms with Crippen LogP contribution in [0.5, 0.6) is 5.75 Å². The zero-order valence-corrected chi connectivity index (χ0v) is 23.2. The van der Waals surface area contributed by atoms with Crippen LogP contribution in [0.4, 0.5) is 10.2 Å². The number of likely N-dealkylation sites (tertiary alicyclic amines) is 1. The molecule has 1 saturated heterocycles. The third-order valence-corrected chi connectivity index (χ3v) is 7.72. The number of hydrogen-bond donors (Lipinski definition) is 2. The van der Waals surface area contributed by atoms with E-state index in [1.54, 1.807) is 6.07 Å². The van der Waals surface area contributed by atoms with Gasteiger partial charge in [0.15, 0.2) is 5.82 Å². The van der Waals surface area contributed by atoms with Crippen molar-refractivity contribution >= 4 is 17.4 Å². The second-order valence-electron chi connectivity index (χ2n) is 10.3. The quantitative estimate of drug-likeness (QED) is 0.331. The van der Waals surface area contributed by atoms with E-state index >= 15 is 4.39 Å². The number of aromatic nitrogens is 3. The molecule has 0 spiro atoms. The average Bonchev–Trinajstić information content (AvgIpc) is 3.70. The molecular weight excluding hydrogens is 507 g/mol. The van der Waals surface area contributed by atoms with E-state index in [9.17, 15) is 0 Å². The molecule has 5 rings (SSSR count). The molecule has 1 aliphatic carbocycles. The summed E-state index contributed by atoms with van der Waals surface area (Å²) in [4.78, 5) is 12.1. The Labute approximate surface area is 228 Å². The first-order chi connectivity index (χ1) is 18.4. The number of aryl methyl sites for hydroxylation is 2. The van der Waals surface area contributed by atoms with Crippen LogP contribution < -0.4 is 15.4 Å². The van der Waals surface area contributed by atoms with E-state index < -0.39 is 6.17 Å². The Bertz CT molecular complexity index is 1260. The highest BCUT2D eigenvalue weighted by atomic mass is 35.5. The number of piperidine rings is 1. The first-order valence-electron chi connectivity index (χ1n) is 13.4. The lowest BCUT2D eigenvalue weighted by molar-refractivity contribution is 0.120. The molecule has 3 heterocycles. The Kier molecular flexibility index (Phi) is 8.16. The van der Waals surface area contributed by atoms with Gasteiger partial charge in [0.25, 0.3) is 0 Å². The molecule has 2 aromatic heterocycles. The molecule has 2 fully saturated rings. The van der Waals surface area contributed by atoms with Crippen molar-refractivity contribution in [1.82, 2.24) is 25.3 Å². The second-order valence-corrected chi connectivity index (χ2v) is 10.7. The van der Waals surface area contributed by atoms with E-state index in [2.05, 4.69) is 20.7 Å². The average molecular weight is 543 g/mol. The summed E-state index contributed by atoms with van der Waals surface area (Å²) in [6.45, 7) is 8.48. The highest BCUT2D eigenvalue weighted by molar-refractivity contribution is 6.33. The van der Waals surface area contributed by atoms with Gasteiger partial charge in [0.2, 0.25) is 0 Å². The van der Waals surface area contributed by atoms with Crippen molar-refractivity contribution in [2.45, 2.75) is 64.7 Å². The van der Waals surface area contributed by atoms with Crippen molar-refractivity contribution < 1.29 is 13.7 Å². The summed E-state index contributed by atoms with van der Waals surface area (Å²) >= 11 is 6.65. The summed E-state index contributed by atoms with van der Waals surface area (Å²) in [5.41, 5.74) is 3.70. The molecule has 1 aromatic carbocycles. The molecule has 10 heteroatoms. The number of nitrogens with zero attached hydrogens (tertiary/aromatic N) is 4. The minimum atomic E-state index is -0.984. The number of ether oxygens (including phenoxy) is 1. The Balaban J connectivity index is 1.50. The molecule has 0 bridgehead atoms. The van der Waals surface area contributed by atoms with Gasteiger partial charge in [-0.05, 0) is 78.2 Å². The summed E-state index contributed by atoms with van der Waals surface area (Å²) in [5.74, 6) is 2.38. The van der Waals surface area contributed by atoms with Crippen molar-refractivity contribution in [1.29, 1.82) is 0 Å². The van der Waals surface area contributed by atoms with Crippen LogP contribution in [-0.4, -0.2) is 71.6 Å². The molecule has 2 aliphatic rings. The molecule has 204 valence electrons. The first kappa shape index (κ1) is 26.8. The maximum atomic E-state index is 15.3. The van der Waals surface area contributed by atoms with Crippen LogP contribution in [0.25, 0.3) is 22.6 Å². The number of nitrogens with one attached hydrogen (secondary N) is 2. The van der Waals surface area contributed by atoms with Crippen molar-refractivity contribution in [3.63, 3.8) is 0 Å². The minimum absolute atomic E-state index is 0.332. The van der Waals surface area contributed by atoms with Crippen LogP contribution in [0.1, 0.15) is 42.7 Å². The molecule has 3 aromatic rings. The van der Waals surface area contributed by atoms with Gasteiger partial charge in [0, 0.05) is 30.3 Å². The molecular formula is C28H36ClFN6O2. The summed E-state index contributed by atoms with van der Waals surface area (Å²) < 4.78 is 26.7. The van der Waals surface area contributed by atoms with Gasteiger partial charge < -0.3 is 19.9 Å². The Morgan fingerprint density at radius 3 is 2.68 bits per heavy atom. The molecule has 8 nitrogen and oxygen atoms in total. The lowest BCUT2D eigenvalue weighted by Crippen LogP contribution is -2.48. The van der Waals surface area contributed by atoms with Gasteiger partial charge in [-0.2, -0.15) is 0 Å². The van der Waals surface area contributed by atoms with Crippen LogP contribution in [-0.2, 0) is 0 Å². The van der Waals surface area contributed by atoms with Crippen LogP contribution in [0.2, 0.25) is 5.02 Å². The van der Waals surface area contributed by atoms with Gasteiger partial charge in [0.05, 0.1) is 34.6 Å². The topological polar surface area (TPSA) is 88.3 Å². The lowest BCUT2D eigenvalue weighted by Gasteiger charge is -2.35. The fourth-order valence-corrected chi connectivity index (χ4v) is 5.29. The van der Waals surface area contributed by atoms with Gasteiger partial charge in [0.1, 0.15) is 23.5 Å². The molecule has 0 unspecified atom stereocenters. The van der Waals surface area contributed by atoms with E-state index in [0.29, 0.717) is 65.0 Å². The minimum Gasteiger partial charge on any atom is -0.494 e. The Hall–Kier alpha value is -2.75. The van der Waals surface area contributed by atoms with Gasteiger partial charge in [-0.15, -0.1) is 0 Å². The number of rotatable bonds is 10. The molecule has 1 aliphatic heterocycles. The fraction of sp³-hybridized carbons (Fsp3) is 0.536. The number of benzene rings is 1. The standard InChI is InChI=1S/C28H36ClFN6O2/c1-16-26(25-17(2)35-38-18(25)3)33-28(21-14-20(8-9-22(21)29)37-13-5-11-31-4)34-27(16)32-24-10-12-36(15-23(24)30)19-6-7-19/h8-9,14,19,23-24,31H,5-7,10-13,15H2,1-4H3,(H,32,33,34)/t23-,24+/m1/s1. The maximum absolute atomic E-state index is 15.3. The van der Waals surface area contributed by atoms with Gasteiger partial charge in [-0.1, -0.05) is 16.8 Å². The van der Waals surface area contributed by atoms with Crippen LogP contribution in [0, 0.1) is 20.8 Å². The normalized spacial score (nSPS) is 20.1. The van der Waals surface area contributed by atoms with E-state index in [-0.39, 0.29) is 6.04 Å². The number of anilines is 1. The summed E-state index contributed by atoms with van der Waals surface area (Å²) in [7, 11) is 1.92. The van der Waals surface area contributed by atoms with Crippen LogP contribution in [0.3, 0.4) is 0 Å². The predicted octanol–water partition coefficient (Wildman–Crippen LogP) is 5.35. The molecule has 0 radical (unpaired) electrons. The Morgan fingerprint density at radius 1 is 1.18 bits per heavy atom. The molecule has 0 amide bonds. The Morgan fingerprint density at radius 2 is 2.00 bits per heavy atom. The summed E-state index contributed by atoms with van der Waals surface area (Å²) in [6.07, 6.45) is 2.97. The van der Waals surface area contributed by atoms with E-state index in [0.717, 1.165) is 36.3 Å². The second kappa shape index (κ2) is 11.6. The molecule has 2 atom stereocenters. The lowest BCUT2D eigenvalue weighted by atomic mass is 10.0. The predicted molar refractivity (Wildman–Crippen MR) is 148 cm³/mol. The SMILES string of the molecule is CNCCCOc1ccc(Cl)c(-c2nc(N[C@H]3CCN(C4CC4)C[C@H]3F)c(C)c(-c3c(C)noc3C)n2)c1. The highest BCUT2D eigenvalue weighted by Gasteiger charge is 2.37. The zero-order chi connectivity index (χ0) is 26.8. The van der Waals surface area contributed by atoms with Crippen molar-refractivity contribution in [3.8, 4) is 28.4 Å². The molecule has 38 heavy (non-hydrogen) atoms. The summed E-state index contributed by atoms with van der Waals surface area (Å²) in [6, 6.07) is 5.72. The molecule has 1 saturated carbocycles. The zero-order valence-electron chi connectivity index (χ0n) is 22.5. The van der Waals surface area contributed by atoms with Crippen molar-refractivity contribution in [3.05, 3.63) is 40.2 Å². The largest absolute Gasteiger partial charge is 0.494 e. The number of halogens is 2. The van der Waals surface area contributed by atoms with Gasteiger partial charge in [-0.25, -0.2) is 14.4 Å². The van der Waals surface area contributed by atoms with E-state index in [1.165, 1.54) is 12.8 Å². The third-order valence-electron chi connectivity index (χ3n) is 7.39. The monoisotopic (exact) mass is 542 g/mol. The van der Waals surface area contributed by atoms with E-state index in [4.69, 9.17) is 30.8 Å². The first-order valence-corrected chi connectivity index (χ1v) is 13.8. The maximum Gasteiger partial charge on any atom is 0.163 e. The summed E-state index contributed by atoms with van der Waals surface area (Å²) in [5, 5.41) is 11.2.